The van der Waals surface area contributed by atoms with E-state index in [0.717, 1.165) is 27.5 Å². The van der Waals surface area contributed by atoms with Gasteiger partial charge in [0.05, 0.1) is 38.0 Å². The van der Waals surface area contributed by atoms with E-state index in [9.17, 15) is 4.79 Å². The summed E-state index contributed by atoms with van der Waals surface area (Å²) in [5, 5.41) is -0.144. The molecular formula is C22H21NO4S. The predicted molar refractivity (Wildman–Crippen MR) is 110 cm³/mol. The Bertz CT molecular complexity index is 978. The van der Waals surface area contributed by atoms with Crippen LogP contribution in [0.15, 0.2) is 64.1 Å². The number of methoxy groups -OCH3 is 2. The Balaban J connectivity index is 1.75. The van der Waals surface area contributed by atoms with Crippen LogP contribution in [-0.2, 0) is 11.3 Å². The SMILES string of the molecule is COc1cc(CN2C(=O)C(C)Sc3ccc(-c4ccco4)cc32)cc(OC)c1. The Morgan fingerprint density at radius 1 is 1.07 bits per heavy atom. The molecule has 0 fully saturated rings. The molecule has 0 radical (unpaired) electrons. The second-order valence-electron chi connectivity index (χ2n) is 6.57. The molecule has 1 aliphatic rings. The minimum Gasteiger partial charge on any atom is -0.497 e. The molecule has 4 rings (SSSR count). The van der Waals surface area contributed by atoms with Gasteiger partial charge in [-0.3, -0.25) is 4.79 Å². The summed E-state index contributed by atoms with van der Waals surface area (Å²) in [6, 6.07) is 15.6. The number of hydrogen-bond donors (Lipinski definition) is 0. The summed E-state index contributed by atoms with van der Waals surface area (Å²) in [6.45, 7) is 2.38. The van der Waals surface area contributed by atoms with Gasteiger partial charge in [-0.2, -0.15) is 0 Å². The van der Waals surface area contributed by atoms with Gasteiger partial charge in [0.2, 0.25) is 5.91 Å². The van der Waals surface area contributed by atoms with Crippen molar-refractivity contribution in [3.8, 4) is 22.8 Å². The van der Waals surface area contributed by atoms with E-state index in [4.69, 9.17) is 13.9 Å². The Morgan fingerprint density at radius 3 is 2.46 bits per heavy atom. The molecule has 0 bridgehead atoms. The normalized spacial score (nSPS) is 16.0. The zero-order valence-corrected chi connectivity index (χ0v) is 16.8. The van der Waals surface area contributed by atoms with Gasteiger partial charge in [0.15, 0.2) is 0 Å². The van der Waals surface area contributed by atoms with E-state index in [2.05, 4.69) is 6.07 Å². The van der Waals surface area contributed by atoms with Crippen molar-refractivity contribution in [3.63, 3.8) is 0 Å². The minimum absolute atomic E-state index is 0.0795. The van der Waals surface area contributed by atoms with Crippen LogP contribution in [0.1, 0.15) is 12.5 Å². The highest BCUT2D eigenvalue weighted by Crippen LogP contribution is 2.42. The van der Waals surface area contributed by atoms with Crippen molar-refractivity contribution < 1.29 is 18.7 Å². The maximum absolute atomic E-state index is 13.0. The van der Waals surface area contributed by atoms with Crippen LogP contribution in [0.3, 0.4) is 0 Å². The fraction of sp³-hybridized carbons (Fsp3) is 0.227. The molecule has 0 saturated carbocycles. The Morgan fingerprint density at radius 2 is 1.82 bits per heavy atom. The van der Waals surface area contributed by atoms with E-state index in [1.54, 1.807) is 32.2 Å². The summed E-state index contributed by atoms with van der Waals surface area (Å²) in [6.07, 6.45) is 1.65. The maximum Gasteiger partial charge on any atom is 0.240 e. The van der Waals surface area contributed by atoms with E-state index in [1.165, 1.54) is 0 Å². The number of anilines is 1. The van der Waals surface area contributed by atoms with Crippen LogP contribution in [0.2, 0.25) is 0 Å². The standard InChI is InChI=1S/C22H21NO4S/c1-14-22(24)23(13-15-9-17(25-2)12-18(10-15)26-3)19-11-16(6-7-21(19)28-14)20-5-4-8-27-20/h4-12,14H,13H2,1-3H3. The Kier molecular flexibility index (Phi) is 5.05. The molecule has 1 atom stereocenters. The molecule has 28 heavy (non-hydrogen) atoms. The van der Waals surface area contributed by atoms with E-state index in [-0.39, 0.29) is 11.2 Å². The average Bonchev–Trinajstić information content (AvgIpc) is 3.25. The van der Waals surface area contributed by atoms with E-state index >= 15 is 0 Å². The lowest BCUT2D eigenvalue weighted by molar-refractivity contribution is -0.118. The van der Waals surface area contributed by atoms with Gasteiger partial charge in [-0.25, -0.2) is 0 Å². The first kappa shape index (κ1) is 18.5. The molecule has 144 valence electrons. The van der Waals surface area contributed by atoms with Crippen LogP contribution in [0, 0.1) is 0 Å². The summed E-state index contributed by atoms with van der Waals surface area (Å²) in [5.74, 6) is 2.26. The van der Waals surface area contributed by atoms with Crippen molar-refractivity contribution in [2.45, 2.75) is 23.6 Å². The number of thioether (sulfide) groups is 1. The van der Waals surface area contributed by atoms with Crippen molar-refractivity contribution >= 4 is 23.4 Å². The number of rotatable bonds is 5. The number of carbonyl (C=O) groups excluding carboxylic acids is 1. The molecule has 5 nitrogen and oxygen atoms in total. The number of furan rings is 1. The lowest BCUT2D eigenvalue weighted by atomic mass is 10.1. The molecule has 1 aliphatic heterocycles. The number of carbonyl (C=O) groups is 1. The molecule has 2 aromatic carbocycles. The summed E-state index contributed by atoms with van der Waals surface area (Å²) in [7, 11) is 3.24. The molecule has 2 heterocycles. The first-order chi connectivity index (χ1) is 13.6. The Hall–Kier alpha value is -2.86. The first-order valence-electron chi connectivity index (χ1n) is 8.97. The van der Waals surface area contributed by atoms with Gasteiger partial charge in [0.1, 0.15) is 17.3 Å². The number of ether oxygens (including phenoxy) is 2. The molecule has 0 N–H and O–H groups in total. The van der Waals surface area contributed by atoms with Gasteiger partial charge in [0, 0.05) is 16.5 Å². The van der Waals surface area contributed by atoms with Gasteiger partial charge >= 0.3 is 0 Å². The zero-order chi connectivity index (χ0) is 19.7. The zero-order valence-electron chi connectivity index (χ0n) is 16.0. The smallest absolute Gasteiger partial charge is 0.240 e. The second kappa shape index (κ2) is 7.64. The van der Waals surface area contributed by atoms with Gasteiger partial charge in [-0.05, 0) is 55.0 Å². The second-order valence-corrected chi connectivity index (χ2v) is 7.95. The number of nitrogens with zero attached hydrogens (tertiary/aromatic N) is 1. The van der Waals surface area contributed by atoms with E-state index in [1.807, 2.05) is 54.3 Å². The van der Waals surface area contributed by atoms with Gasteiger partial charge in [-0.15, -0.1) is 11.8 Å². The Labute approximate surface area is 168 Å². The van der Waals surface area contributed by atoms with Crippen molar-refractivity contribution in [1.29, 1.82) is 0 Å². The molecule has 0 aliphatic carbocycles. The average molecular weight is 395 g/mol. The number of benzene rings is 2. The van der Waals surface area contributed by atoms with Crippen LogP contribution >= 0.6 is 11.8 Å². The maximum atomic E-state index is 13.0. The fourth-order valence-electron chi connectivity index (χ4n) is 3.31. The van der Waals surface area contributed by atoms with Crippen LogP contribution in [0.25, 0.3) is 11.3 Å². The molecule has 3 aromatic rings. The minimum atomic E-state index is -0.144. The molecule has 0 saturated heterocycles. The summed E-state index contributed by atoms with van der Waals surface area (Å²) >= 11 is 1.58. The molecule has 1 aromatic heterocycles. The van der Waals surface area contributed by atoms with Crippen molar-refractivity contribution in [2.24, 2.45) is 0 Å². The van der Waals surface area contributed by atoms with Crippen LogP contribution in [0.5, 0.6) is 11.5 Å². The van der Waals surface area contributed by atoms with Crippen molar-refractivity contribution in [3.05, 3.63) is 60.4 Å². The van der Waals surface area contributed by atoms with E-state index < -0.39 is 0 Å². The molecule has 1 unspecified atom stereocenters. The molecule has 0 spiro atoms. The fourth-order valence-corrected chi connectivity index (χ4v) is 4.35. The third-order valence-corrected chi connectivity index (χ3v) is 5.88. The third kappa shape index (κ3) is 3.47. The van der Waals surface area contributed by atoms with Crippen LogP contribution in [-0.4, -0.2) is 25.4 Å². The number of hydrogen-bond acceptors (Lipinski definition) is 5. The lowest BCUT2D eigenvalue weighted by Gasteiger charge is -2.33. The number of fused-ring (bicyclic) bond motifs is 1. The summed E-state index contributed by atoms with van der Waals surface area (Å²) in [5.41, 5.74) is 2.78. The highest BCUT2D eigenvalue weighted by atomic mass is 32.2. The van der Waals surface area contributed by atoms with Crippen molar-refractivity contribution in [1.82, 2.24) is 0 Å². The highest BCUT2D eigenvalue weighted by Gasteiger charge is 2.31. The molecular weight excluding hydrogens is 374 g/mol. The van der Waals surface area contributed by atoms with Crippen LogP contribution < -0.4 is 14.4 Å². The monoisotopic (exact) mass is 395 g/mol. The van der Waals surface area contributed by atoms with Gasteiger partial charge in [-0.1, -0.05) is 0 Å². The lowest BCUT2D eigenvalue weighted by Crippen LogP contribution is -2.39. The largest absolute Gasteiger partial charge is 0.497 e. The predicted octanol–water partition coefficient (Wildman–Crippen LogP) is 4.99. The quantitative estimate of drug-likeness (QED) is 0.609. The third-order valence-electron chi connectivity index (χ3n) is 4.72. The summed E-state index contributed by atoms with van der Waals surface area (Å²) < 4.78 is 16.3. The van der Waals surface area contributed by atoms with Gasteiger partial charge < -0.3 is 18.8 Å². The topological polar surface area (TPSA) is 51.9 Å². The van der Waals surface area contributed by atoms with Crippen molar-refractivity contribution in [2.75, 3.05) is 19.1 Å². The van der Waals surface area contributed by atoms with Gasteiger partial charge in [0.25, 0.3) is 0 Å². The number of amides is 1. The highest BCUT2D eigenvalue weighted by molar-refractivity contribution is 8.01. The van der Waals surface area contributed by atoms with E-state index in [0.29, 0.717) is 18.0 Å². The molecule has 1 amide bonds. The van der Waals surface area contributed by atoms with Crippen LogP contribution in [0.4, 0.5) is 5.69 Å². The summed E-state index contributed by atoms with van der Waals surface area (Å²) in [4.78, 5) is 15.9. The molecule has 6 heteroatoms. The first-order valence-corrected chi connectivity index (χ1v) is 9.85.